The van der Waals surface area contributed by atoms with E-state index in [9.17, 15) is 0 Å². The molecule has 0 aromatic heterocycles. The van der Waals surface area contributed by atoms with Gasteiger partial charge in [-0.25, -0.2) is 0 Å². The quantitative estimate of drug-likeness (QED) is 0.435. The Morgan fingerprint density at radius 3 is 2.26 bits per heavy atom. The Balaban J connectivity index is 2.05. The van der Waals surface area contributed by atoms with E-state index in [-0.39, 0.29) is 0 Å². The van der Waals surface area contributed by atoms with E-state index < -0.39 is 0 Å². The first-order valence-corrected chi connectivity index (χ1v) is 6.76. The SMILES string of the molecule is [S]c1ccccc1C1=Cc2cccc3cccc1c23. The standard InChI is InChI=1S/C18H11S/c19-17-10-2-1-8-14(17)16-11-13-7-3-5-12-6-4-9-15(16)18(12)13/h1-11H. The monoisotopic (exact) mass is 259 g/mol. The van der Waals surface area contributed by atoms with E-state index in [1.807, 2.05) is 12.1 Å². The molecular formula is C18H11S. The molecular weight excluding hydrogens is 248 g/mol. The molecule has 89 valence electrons. The van der Waals surface area contributed by atoms with Crippen molar-refractivity contribution >= 4 is 35.1 Å². The summed E-state index contributed by atoms with van der Waals surface area (Å²) in [7, 11) is 0. The lowest BCUT2D eigenvalue weighted by Gasteiger charge is -2.08. The van der Waals surface area contributed by atoms with Crippen LogP contribution in [0.25, 0.3) is 22.4 Å². The molecule has 0 fully saturated rings. The molecule has 1 aliphatic rings. The largest absolute Gasteiger partial charge is 0.0794 e. The molecule has 0 bridgehead atoms. The van der Waals surface area contributed by atoms with Crippen LogP contribution in [0.15, 0.2) is 65.6 Å². The summed E-state index contributed by atoms with van der Waals surface area (Å²) in [6.45, 7) is 0. The van der Waals surface area contributed by atoms with Crippen LogP contribution in [0, 0.1) is 0 Å². The van der Waals surface area contributed by atoms with Crippen LogP contribution in [-0.2, 0) is 0 Å². The predicted molar refractivity (Wildman–Crippen MR) is 83.2 cm³/mol. The van der Waals surface area contributed by atoms with Gasteiger partial charge in [-0.2, -0.15) is 0 Å². The van der Waals surface area contributed by atoms with Gasteiger partial charge in [0.05, 0.1) is 0 Å². The van der Waals surface area contributed by atoms with Crippen molar-refractivity contribution in [2.45, 2.75) is 4.90 Å². The van der Waals surface area contributed by atoms with Crippen LogP contribution in [0.2, 0.25) is 0 Å². The van der Waals surface area contributed by atoms with Crippen molar-refractivity contribution in [3.63, 3.8) is 0 Å². The van der Waals surface area contributed by atoms with Gasteiger partial charge in [0.2, 0.25) is 0 Å². The molecule has 0 saturated carbocycles. The topological polar surface area (TPSA) is 0 Å². The summed E-state index contributed by atoms with van der Waals surface area (Å²) in [6.07, 6.45) is 2.25. The zero-order valence-corrected chi connectivity index (χ0v) is 11.1. The van der Waals surface area contributed by atoms with E-state index >= 15 is 0 Å². The number of hydrogen-bond donors (Lipinski definition) is 0. The molecule has 0 atom stereocenters. The van der Waals surface area contributed by atoms with Crippen molar-refractivity contribution in [3.8, 4) is 0 Å². The molecule has 3 aromatic rings. The molecule has 1 heteroatoms. The maximum Gasteiger partial charge on any atom is 0.0455 e. The Morgan fingerprint density at radius 1 is 0.684 bits per heavy atom. The molecule has 0 nitrogen and oxygen atoms in total. The van der Waals surface area contributed by atoms with Gasteiger partial charge >= 0.3 is 0 Å². The fourth-order valence-corrected chi connectivity index (χ4v) is 3.12. The first-order chi connectivity index (χ1) is 9.34. The zero-order chi connectivity index (χ0) is 12.8. The van der Waals surface area contributed by atoms with Crippen molar-refractivity contribution in [2.75, 3.05) is 0 Å². The van der Waals surface area contributed by atoms with Gasteiger partial charge in [-0.15, -0.1) is 0 Å². The lowest BCUT2D eigenvalue weighted by molar-refractivity contribution is 1.41. The minimum atomic E-state index is 0.915. The predicted octanol–water partition coefficient (Wildman–Crippen LogP) is 5.30. The molecule has 0 heterocycles. The van der Waals surface area contributed by atoms with Gasteiger partial charge in [0.15, 0.2) is 0 Å². The third-order valence-electron chi connectivity index (χ3n) is 3.70. The van der Waals surface area contributed by atoms with Gasteiger partial charge < -0.3 is 0 Å². The van der Waals surface area contributed by atoms with Gasteiger partial charge in [-0.3, -0.25) is 0 Å². The molecule has 19 heavy (non-hydrogen) atoms. The summed E-state index contributed by atoms with van der Waals surface area (Å²) >= 11 is 5.47. The molecule has 0 saturated heterocycles. The average Bonchev–Trinajstić information content (AvgIpc) is 2.81. The zero-order valence-electron chi connectivity index (χ0n) is 10.3. The molecule has 0 amide bonds. The van der Waals surface area contributed by atoms with Crippen LogP contribution in [0.5, 0.6) is 0 Å². The van der Waals surface area contributed by atoms with Gasteiger partial charge in [-0.1, -0.05) is 67.2 Å². The molecule has 3 aromatic carbocycles. The lowest BCUT2D eigenvalue weighted by atomic mass is 9.98. The summed E-state index contributed by atoms with van der Waals surface area (Å²) in [5.41, 5.74) is 4.99. The van der Waals surface area contributed by atoms with E-state index in [0.717, 1.165) is 10.5 Å². The first-order valence-electron chi connectivity index (χ1n) is 6.35. The van der Waals surface area contributed by atoms with Crippen LogP contribution >= 0.6 is 12.6 Å². The molecule has 0 unspecified atom stereocenters. The van der Waals surface area contributed by atoms with Gasteiger partial charge in [0, 0.05) is 10.5 Å². The summed E-state index contributed by atoms with van der Waals surface area (Å²) < 4.78 is 0. The van der Waals surface area contributed by atoms with E-state index in [1.54, 1.807) is 0 Å². The second-order valence-corrected chi connectivity index (χ2v) is 5.24. The van der Waals surface area contributed by atoms with Gasteiger partial charge in [-0.05, 0) is 39.6 Å². The third kappa shape index (κ3) is 1.52. The van der Waals surface area contributed by atoms with Crippen molar-refractivity contribution < 1.29 is 0 Å². The highest BCUT2D eigenvalue weighted by Crippen LogP contribution is 2.41. The second kappa shape index (κ2) is 3.94. The van der Waals surface area contributed by atoms with Crippen molar-refractivity contribution in [1.82, 2.24) is 0 Å². The smallest absolute Gasteiger partial charge is 0.0455 e. The minimum absolute atomic E-state index is 0.915. The number of benzene rings is 3. The van der Waals surface area contributed by atoms with Gasteiger partial charge in [0.1, 0.15) is 0 Å². The highest BCUT2D eigenvalue weighted by atomic mass is 32.1. The first kappa shape index (κ1) is 10.8. The van der Waals surface area contributed by atoms with Crippen molar-refractivity contribution in [2.24, 2.45) is 0 Å². The number of hydrogen-bond acceptors (Lipinski definition) is 0. The molecule has 0 spiro atoms. The van der Waals surface area contributed by atoms with Crippen LogP contribution in [-0.4, -0.2) is 0 Å². The fourth-order valence-electron chi connectivity index (χ4n) is 2.86. The van der Waals surface area contributed by atoms with Crippen LogP contribution in [0.3, 0.4) is 0 Å². The molecule has 1 radical (unpaired) electrons. The highest BCUT2D eigenvalue weighted by molar-refractivity contribution is 7.80. The molecule has 4 rings (SSSR count). The number of rotatable bonds is 1. The Morgan fingerprint density at radius 2 is 1.42 bits per heavy atom. The van der Waals surface area contributed by atoms with E-state index in [2.05, 4.69) is 54.6 Å². The highest BCUT2D eigenvalue weighted by Gasteiger charge is 2.18. The third-order valence-corrected chi connectivity index (χ3v) is 4.06. The molecule has 0 aliphatic heterocycles. The second-order valence-electron chi connectivity index (χ2n) is 4.81. The van der Waals surface area contributed by atoms with Gasteiger partial charge in [0.25, 0.3) is 0 Å². The Labute approximate surface area is 117 Å². The molecule has 0 N–H and O–H groups in total. The maximum absolute atomic E-state index is 5.47. The summed E-state index contributed by atoms with van der Waals surface area (Å²) in [6, 6.07) is 21.1. The van der Waals surface area contributed by atoms with Crippen LogP contribution in [0.4, 0.5) is 0 Å². The van der Waals surface area contributed by atoms with E-state index in [1.165, 1.54) is 27.5 Å². The average molecular weight is 259 g/mol. The molecule has 1 aliphatic carbocycles. The Bertz CT molecular complexity index is 823. The van der Waals surface area contributed by atoms with Crippen molar-refractivity contribution in [3.05, 3.63) is 77.4 Å². The van der Waals surface area contributed by atoms with Crippen molar-refractivity contribution in [1.29, 1.82) is 0 Å². The summed E-state index contributed by atoms with van der Waals surface area (Å²) in [4.78, 5) is 0.915. The van der Waals surface area contributed by atoms with E-state index in [0.29, 0.717) is 0 Å². The Hall–Kier alpha value is -2.12. The summed E-state index contributed by atoms with van der Waals surface area (Å²) in [5.74, 6) is 0. The van der Waals surface area contributed by atoms with Crippen LogP contribution < -0.4 is 0 Å². The maximum atomic E-state index is 5.47. The fraction of sp³-hybridized carbons (Fsp3) is 0. The van der Waals surface area contributed by atoms with E-state index in [4.69, 9.17) is 12.6 Å². The normalized spacial score (nSPS) is 12.7. The minimum Gasteiger partial charge on any atom is -0.0794 e. The van der Waals surface area contributed by atoms with Crippen LogP contribution in [0.1, 0.15) is 16.7 Å². The summed E-state index contributed by atoms with van der Waals surface area (Å²) in [5, 5.41) is 2.64. The lowest BCUT2D eigenvalue weighted by Crippen LogP contribution is -1.86. The Kier molecular flexibility index (Phi) is 2.23.